The second kappa shape index (κ2) is 7.97. The van der Waals surface area contributed by atoms with Crippen molar-refractivity contribution in [1.29, 1.82) is 0 Å². The van der Waals surface area contributed by atoms with E-state index in [4.69, 9.17) is 5.73 Å². The van der Waals surface area contributed by atoms with Crippen LogP contribution in [0.25, 0.3) is 0 Å². The lowest BCUT2D eigenvalue weighted by molar-refractivity contribution is 0.0365. The molecule has 2 nitrogen and oxygen atoms in total. The van der Waals surface area contributed by atoms with Crippen molar-refractivity contribution in [2.24, 2.45) is 23.5 Å². The largest absolute Gasteiger partial charge is 0.329 e. The van der Waals surface area contributed by atoms with Crippen molar-refractivity contribution in [2.45, 2.75) is 84.1 Å². The molecule has 0 spiro atoms. The van der Waals surface area contributed by atoms with Crippen LogP contribution in [-0.2, 0) is 0 Å². The molecule has 0 aromatic heterocycles. The average Bonchev–Trinajstić information content (AvgIpc) is 2.74. The van der Waals surface area contributed by atoms with E-state index in [9.17, 15) is 0 Å². The van der Waals surface area contributed by atoms with Gasteiger partial charge in [-0.25, -0.2) is 0 Å². The highest BCUT2D eigenvalue weighted by Crippen LogP contribution is 2.40. The van der Waals surface area contributed by atoms with E-state index in [1.807, 2.05) is 0 Å². The zero-order valence-corrected chi connectivity index (χ0v) is 14.7. The van der Waals surface area contributed by atoms with E-state index in [0.717, 1.165) is 24.3 Å². The number of nitrogens with zero attached hydrogens (tertiary/aromatic N) is 1. The average molecular weight is 295 g/mol. The molecule has 2 heteroatoms. The summed E-state index contributed by atoms with van der Waals surface area (Å²) < 4.78 is 0. The molecule has 1 aliphatic heterocycles. The minimum atomic E-state index is 0.340. The Bertz CT molecular complexity index is 292. The number of rotatable bonds is 5. The van der Waals surface area contributed by atoms with Crippen LogP contribution in [0.5, 0.6) is 0 Å². The van der Waals surface area contributed by atoms with Gasteiger partial charge in [0.05, 0.1) is 0 Å². The maximum Gasteiger partial charge on any atom is 0.0331 e. The molecule has 1 saturated carbocycles. The fourth-order valence-corrected chi connectivity index (χ4v) is 4.83. The van der Waals surface area contributed by atoms with Crippen LogP contribution in [-0.4, -0.2) is 30.1 Å². The normalized spacial score (nSPS) is 35.9. The van der Waals surface area contributed by atoms with E-state index in [-0.39, 0.29) is 0 Å². The number of likely N-dealkylation sites (tertiary alicyclic amines) is 1. The first-order chi connectivity index (χ1) is 10.1. The molecule has 1 saturated heterocycles. The first kappa shape index (κ1) is 17.3. The first-order valence-electron chi connectivity index (χ1n) is 9.56. The van der Waals surface area contributed by atoms with Gasteiger partial charge in [-0.2, -0.15) is 0 Å². The molecule has 2 fully saturated rings. The number of nitrogens with two attached hydrogens (primary N) is 1. The summed E-state index contributed by atoms with van der Waals surface area (Å²) in [4.78, 5) is 2.80. The van der Waals surface area contributed by atoms with Crippen molar-refractivity contribution >= 4 is 0 Å². The molecule has 21 heavy (non-hydrogen) atoms. The van der Waals surface area contributed by atoms with Crippen LogP contribution < -0.4 is 5.73 Å². The van der Waals surface area contributed by atoms with Gasteiger partial charge in [0.2, 0.25) is 0 Å². The predicted octanol–water partition coefficient (Wildman–Crippen LogP) is 4.43. The number of hydrogen-bond donors (Lipinski definition) is 1. The molecule has 0 bridgehead atoms. The summed E-state index contributed by atoms with van der Waals surface area (Å²) in [6.07, 6.45) is 12.5. The minimum Gasteiger partial charge on any atom is -0.329 e. The van der Waals surface area contributed by atoms with E-state index >= 15 is 0 Å². The summed E-state index contributed by atoms with van der Waals surface area (Å²) in [6.45, 7) is 10.6. The van der Waals surface area contributed by atoms with Crippen LogP contribution in [0.3, 0.4) is 0 Å². The Hall–Kier alpha value is -0.0800. The Morgan fingerprint density at radius 2 is 1.81 bits per heavy atom. The number of hydrogen-bond acceptors (Lipinski definition) is 2. The van der Waals surface area contributed by atoms with Gasteiger partial charge in [-0.3, -0.25) is 4.90 Å². The minimum absolute atomic E-state index is 0.340. The maximum atomic E-state index is 6.29. The third-order valence-electron chi connectivity index (χ3n) is 6.50. The van der Waals surface area contributed by atoms with Gasteiger partial charge >= 0.3 is 0 Å². The molecule has 0 aromatic rings. The van der Waals surface area contributed by atoms with Crippen molar-refractivity contribution in [3.63, 3.8) is 0 Å². The Kier molecular flexibility index (Phi) is 6.55. The summed E-state index contributed by atoms with van der Waals surface area (Å²) in [6, 6.07) is 0. The first-order valence-corrected chi connectivity index (χ1v) is 9.56. The van der Waals surface area contributed by atoms with Gasteiger partial charge in [0.15, 0.2) is 0 Å². The third-order valence-corrected chi connectivity index (χ3v) is 6.50. The van der Waals surface area contributed by atoms with Gasteiger partial charge in [-0.15, -0.1) is 0 Å². The van der Waals surface area contributed by atoms with Crippen molar-refractivity contribution in [2.75, 3.05) is 19.6 Å². The highest BCUT2D eigenvalue weighted by molar-refractivity contribution is 4.97. The van der Waals surface area contributed by atoms with E-state index < -0.39 is 0 Å². The summed E-state index contributed by atoms with van der Waals surface area (Å²) in [5.41, 5.74) is 6.63. The van der Waals surface area contributed by atoms with Gasteiger partial charge < -0.3 is 5.73 Å². The molecule has 1 heterocycles. The topological polar surface area (TPSA) is 29.3 Å². The van der Waals surface area contributed by atoms with Crippen molar-refractivity contribution in [1.82, 2.24) is 4.90 Å². The Morgan fingerprint density at radius 3 is 2.38 bits per heavy atom. The van der Waals surface area contributed by atoms with E-state index in [1.54, 1.807) is 0 Å². The zero-order valence-electron chi connectivity index (χ0n) is 14.7. The van der Waals surface area contributed by atoms with Gasteiger partial charge in [0.25, 0.3) is 0 Å². The van der Waals surface area contributed by atoms with Crippen LogP contribution in [0.4, 0.5) is 0 Å². The zero-order chi connectivity index (χ0) is 15.3. The van der Waals surface area contributed by atoms with Crippen LogP contribution in [0.15, 0.2) is 0 Å². The van der Waals surface area contributed by atoms with Crippen molar-refractivity contribution in [3.8, 4) is 0 Å². The molecule has 1 aliphatic carbocycles. The van der Waals surface area contributed by atoms with Crippen LogP contribution in [0.1, 0.15) is 78.6 Å². The quantitative estimate of drug-likeness (QED) is 0.812. The molecule has 2 aliphatic rings. The molecular formula is C19H38N2. The lowest BCUT2D eigenvalue weighted by Crippen LogP contribution is -2.56. The maximum absolute atomic E-state index is 6.29. The smallest absolute Gasteiger partial charge is 0.0331 e. The molecule has 0 radical (unpaired) electrons. The van der Waals surface area contributed by atoms with Gasteiger partial charge in [-0.1, -0.05) is 33.6 Å². The second-order valence-corrected chi connectivity index (χ2v) is 8.08. The summed E-state index contributed by atoms with van der Waals surface area (Å²) in [5, 5.41) is 0. The third kappa shape index (κ3) is 4.22. The predicted molar refractivity (Wildman–Crippen MR) is 92.4 cm³/mol. The second-order valence-electron chi connectivity index (χ2n) is 8.08. The highest BCUT2D eigenvalue weighted by atomic mass is 15.2. The van der Waals surface area contributed by atoms with E-state index in [2.05, 4.69) is 25.7 Å². The van der Waals surface area contributed by atoms with Crippen LogP contribution >= 0.6 is 0 Å². The molecule has 1 atom stereocenters. The molecule has 0 amide bonds. The SMILES string of the molecule is CCCC1CCCN(C2(CN)CCC(C(C)C)CC2)CC1. The lowest BCUT2D eigenvalue weighted by atomic mass is 9.72. The summed E-state index contributed by atoms with van der Waals surface area (Å²) >= 11 is 0. The standard InChI is InChI=1S/C19H38N2/c1-4-6-17-7-5-13-21(14-10-17)19(15-20)11-8-18(9-12-19)16(2)3/h16-18H,4-15,20H2,1-3H3. The molecule has 0 aromatic carbocycles. The molecular weight excluding hydrogens is 256 g/mol. The van der Waals surface area contributed by atoms with Gasteiger partial charge in [0.1, 0.15) is 0 Å². The van der Waals surface area contributed by atoms with E-state index in [0.29, 0.717) is 5.54 Å². The monoisotopic (exact) mass is 294 g/mol. The van der Waals surface area contributed by atoms with Crippen LogP contribution in [0.2, 0.25) is 0 Å². The van der Waals surface area contributed by atoms with Crippen molar-refractivity contribution in [3.05, 3.63) is 0 Å². The Morgan fingerprint density at radius 1 is 1.10 bits per heavy atom. The fourth-order valence-electron chi connectivity index (χ4n) is 4.83. The summed E-state index contributed by atoms with van der Waals surface area (Å²) in [5.74, 6) is 2.75. The highest BCUT2D eigenvalue weighted by Gasteiger charge is 2.40. The Balaban J connectivity index is 1.94. The molecule has 2 rings (SSSR count). The molecule has 1 unspecified atom stereocenters. The molecule has 2 N–H and O–H groups in total. The van der Waals surface area contributed by atoms with Crippen molar-refractivity contribution < 1.29 is 0 Å². The fraction of sp³-hybridized carbons (Fsp3) is 1.00. The molecule has 124 valence electrons. The Labute approximate surface area is 132 Å². The summed E-state index contributed by atoms with van der Waals surface area (Å²) in [7, 11) is 0. The van der Waals surface area contributed by atoms with Crippen LogP contribution in [0, 0.1) is 17.8 Å². The van der Waals surface area contributed by atoms with Gasteiger partial charge in [-0.05, 0) is 75.8 Å². The lowest BCUT2D eigenvalue weighted by Gasteiger charge is -2.48. The van der Waals surface area contributed by atoms with Gasteiger partial charge in [0, 0.05) is 12.1 Å². The van der Waals surface area contributed by atoms with E-state index in [1.165, 1.54) is 70.9 Å².